The summed E-state index contributed by atoms with van der Waals surface area (Å²) in [5.74, 6) is 1.99. The molecule has 0 radical (unpaired) electrons. The fourth-order valence-corrected chi connectivity index (χ4v) is 15.7. The van der Waals surface area contributed by atoms with Gasteiger partial charge < -0.3 is 19.7 Å². The smallest absolute Gasteiger partial charge is 0.158 e. The van der Waals surface area contributed by atoms with Crippen molar-refractivity contribution < 1.29 is 19.7 Å². The fraction of sp³-hybridized carbons (Fsp3) is 0.450. The topological polar surface area (TPSA) is 68.8 Å². The molecule has 6 aromatic carbocycles. The summed E-state index contributed by atoms with van der Waals surface area (Å²) < 4.78 is 18.2. The lowest BCUT2D eigenvalue weighted by molar-refractivity contribution is 0.266. The zero-order chi connectivity index (χ0) is 64.2. The second-order valence-electron chi connectivity index (χ2n) is 33.3. The number of hydrogen-bond acceptors (Lipinski definition) is 6. The Bertz CT molecular complexity index is 3830. The summed E-state index contributed by atoms with van der Waals surface area (Å²) in [6, 6.07) is 40.6. The van der Waals surface area contributed by atoms with Crippen LogP contribution in [0, 0.1) is 10.8 Å². The molecule has 0 aliphatic rings. The summed E-state index contributed by atoms with van der Waals surface area (Å²) in [6.07, 6.45) is 3.46. The van der Waals surface area contributed by atoms with Gasteiger partial charge in [0.15, 0.2) is 11.5 Å². The molecule has 0 bridgehead atoms. The van der Waals surface area contributed by atoms with E-state index in [1.165, 1.54) is 54.9 Å². The van der Waals surface area contributed by atoms with Gasteiger partial charge >= 0.3 is 0 Å². The number of aromatic nitrogens is 2. The Balaban J connectivity index is 0.961. The predicted molar refractivity (Wildman–Crippen MR) is 381 cm³/mol. The van der Waals surface area contributed by atoms with Crippen molar-refractivity contribution in [2.45, 2.75) is 210 Å². The molecule has 0 amide bonds. The highest BCUT2D eigenvalue weighted by atomic mass is 32.1. The van der Waals surface area contributed by atoms with Gasteiger partial charge in [-0.15, -0.1) is 22.7 Å². The van der Waals surface area contributed by atoms with E-state index in [0.717, 1.165) is 91.5 Å². The fourth-order valence-electron chi connectivity index (χ4n) is 13.7. The molecular weight excluding hydrogens is 1120 g/mol. The molecule has 4 heterocycles. The van der Waals surface area contributed by atoms with Crippen LogP contribution >= 0.6 is 22.7 Å². The van der Waals surface area contributed by atoms with Crippen LogP contribution in [0.15, 0.2) is 120 Å². The van der Waals surface area contributed by atoms with E-state index in [9.17, 15) is 10.2 Å². The molecule has 0 aliphatic heterocycles. The lowest BCUT2D eigenvalue weighted by Gasteiger charge is -2.33. The number of unbranched alkanes of at least 4 members (excludes halogenated alkanes) is 1. The third-order valence-electron chi connectivity index (χ3n) is 18.0. The third kappa shape index (κ3) is 13.0. The molecule has 0 aliphatic carbocycles. The molecular formula is C80H100N2O4S2. The average molecular weight is 1220 g/mol. The highest BCUT2D eigenvalue weighted by Crippen LogP contribution is 2.51. The minimum absolute atomic E-state index is 0.0248. The van der Waals surface area contributed by atoms with Crippen molar-refractivity contribution in [2.75, 3.05) is 13.2 Å². The second kappa shape index (κ2) is 22.8. The number of nitrogens with zero attached hydrogens (tertiary/aromatic N) is 2. The number of aromatic hydroxyl groups is 2. The van der Waals surface area contributed by atoms with E-state index in [4.69, 9.17) is 9.47 Å². The van der Waals surface area contributed by atoms with Gasteiger partial charge in [-0.05, 0) is 175 Å². The number of benzene rings is 6. The summed E-state index contributed by atoms with van der Waals surface area (Å²) in [4.78, 5) is 0. The molecule has 10 rings (SSSR count). The van der Waals surface area contributed by atoms with Crippen LogP contribution in [0.3, 0.4) is 0 Å². The van der Waals surface area contributed by atoms with E-state index in [1.807, 2.05) is 0 Å². The van der Waals surface area contributed by atoms with Gasteiger partial charge in [-0.2, -0.15) is 0 Å². The Morgan fingerprint density at radius 1 is 0.341 bits per heavy atom. The van der Waals surface area contributed by atoms with Gasteiger partial charge in [-0.25, -0.2) is 0 Å². The first-order chi connectivity index (χ1) is 40.7. The van der Waals surface area contributed by atoms with Crippen molar-refractivity contribution in [3.8, 4) is 55.3 Å². The Morgan fingerprint density at radius 3 is 0.875 bits per heavy atom. The minimum atomic E-state index is -0.140. The summed E-state index contributed by atoms with van der Waals surface area (Å²) in [5.41, 5.74) is 15.0. The summed E-state index contributed by atoms with van der Waals surface area (Å²) in [7, 11) is 0. The molecule has 4 aromatic heterocycles. The standard InChI is InChI=1S/C80H100N2O4S2/c1-73(2,3)47-79(19,20)53-29-35-67(59(43-53)61-45-87-71(69(61)83)81-63-31-25-49(75(7,8)9)39-55(63)56-40-50(76(10,11)12)26-32-64(56)81)85-37-23-24-38-86-68-36-30-54(80(21,22)48-74(4,5)6)44-60(68)62-46-88-72(70(62)84)82-65-33-27-51(77(13,14)15)41-57(65)58-42-52(78(16,17)18)28-34-66(58)82/h25-36,39-46,83-84H,23-24,37-38,47-48H2,1-22H3. The van der Waals surface area contributed by atoms with Crippen LogP contribution in [0.4, 0.5) is 0 Å². The normalized spacial score (nSPS) is 13.5. The van der Waals surface area contributed by atoms with E-state index >= 15 is 0 Å². The molecule has 0 spiro atoms. The summed E-state index contributed by atoms with van der Waals surface area (Å²) >= 11 is 3.15. The lowest BCUT2D eigenvalue weighted by atomic mass is 9.72. The number of hydrogen-bond donors (Lipinski definition) is 2. The first-order valence-corrected chi connectivity index (χ1v) is 33.8. The number of rotatable bonds is 15. The van der Waals surface area contributed by atoms with Crippen LogP contribution in [0.2, 0.25) is 0 Å². The Morgan fingerprint density at radius 2 is 0.614 bits per heavy atom. The Hall–Kier alpha value is -6.48. The highest BCUT2D eigenvalue weighted by molar-refractivity contribution is 7.14. The zero-order valence-electron chi connectivity index (χ0n) is 57.2. The van der Waals surface area contributed by atoms with Gasteiger partial charge in [0, 0.05) is 54.6 Å². The Labute approximate surface area is 535 Å². The molecule has 8 heteroatoms. The van der Waals surface area contributed by atoms with E-state index in [-0.39, 0.29) is 54.8 Å². The van der Waals surface area contributed by atoms with E-state index in [0.29, 0.717) is 13.2 Å². The van der Waals surface area contributed by atoms with Crippen LogP contribution < -0.4 is 9.47 Å². The molecule has 10 aromatic rings. The number of fused-ring (bicyclic) bond motifs is 6. The van der Waals surface area contributed by atoms with E-state index in [1.54, 1.807) is 22.7 Å². The monoisotopic (exact) mass is 1220 g/mol. The van der Waals surface area contributed by atoms with Crippen molar-refractivity contribution >= 4 is 66.3 Å². The van der Waals surface area contributed by atoms with Crippen molar-refractivity contribution in [1.29, 1.82) is 0 Å². The largest absolute Gasteiger partial charge is 0.504 e. The van der Waals surface area contributed by atoms with Crippen molar-refractivity contribution in [2.24, 2.45) is 10.8 Å². The molecule has 0 fully saturated rings. The van der Waals surface area contributed by atoms with E-state index in [2.05, 4.69) is 281 Å². The molecule has 0 unspecified atom stereocenters. The molecule has 466 valence electrons. The van der Waals surface area contributed by atoms with Gasteiger partial charge in [0.1, 0.15) is 21.5 Å². The van der Waals surface area contributed by atoms with Gasteiger partial charge in [0.2, 0.25) is 0 Å². The predicted octanol–water partition coefficient (Wildman–Crippen LogP) is 23.6. The van der Waals surface area contributed by atoms with Crippen LogP contribution in [0.25, 0.3) is 75.9 Å². The minimum Gasteiger partial charge on any atom is -0.504 e. The molecule has 0 saturated carbocycles. The first kappa shape index (κ1) is 64.5. The van der Waals surface area contributed by atoms with Crippen LogP contribution in [-0.2, 0) is 32.5 Å². The van der Waals surface area contributed by atoms with Crippen molar-refractivity contribution in [3.63, 3.8) is 0 Å². The SMILES string of the molecule is CC(C)(C)CC(C)(C)c1ccc(OCCCCOc2ccc(C(C)(C)CC(C)(C)C)cc2-c2csc(-n3c4ccc(C(C)(C)C)cc4c4cc(C(C)(C)C)ccc43)c2O)c(-c2csc(-n3c4ccc(C(C)(C)C)cc4c4cc(C(C)(C)C)ccc43)c2O)c1. The first-order valence-electron chi connectivity index (χ1n) is 32.1. The lowest BCUT2D eigenvalue weighted by Crippen LogP contribution is -2.24. The molecule has 0 atom stereocenters. The summed E-state index contributed by atoms with van der Waals surface area (Å²) in [5, 5.41) is 36.0. The second-order valence-corrected chi connectivity index (χ2v) is 35.0. The van der Waals surface area contributed by atoms with Gasteiger partial charge in [-0.1, -0.05) is 189 Å². The van der Waals surface area contributed by atoms with Crippen molar-refractivity contribution in [3.05, 3.63) is 153 Å². The van der Waals surface area contributed by atoms with Crippen molar-refractivity contribution in [1.82, 2.24) is 9.13 Å². The van der Waals surface area contributed by atoms with Crippen LogP contribution in [0.1, 0.15) is 211 Å². The molecule has 88 heavy (non-hydrogen) atoms. The van der Waals surface area contributed by atoms with Gasteiger partial charge in [0.05, 0.1) is 35.3 Å². The maximum Gasteiger partial charge on any atom is 0.158 e. The van der Waals surface area contributed by atoms with E-state index < -0.39 is 0 Å². The highest BCUT2D eigenvalue weighted by Gasteiger charge is 2.33. The number of thiophene rings is 2. The van der Waals surface area contributed by atoms with Crippen LogP contribution in [-0.4, -0.2) is 32.6 Å². The maximum atomic E-state index is 12.7. The maximum absolute atomic E-state index is 12.7. The molecule has 0 saturated heterocycles. The third-order valence-corrected chi connectivity index (χ3v) is 19.9. The molecule has 6 nitrogen and oxygen atoms in total. The Kier molecular flexibility index (Phi) is 16.7. The van der Waals surface area contributed by atoms with Crippen LogP contribution in [0.5, 0.6) is 23.0 Å². The average Bonchev–Trinajstić information content (AvgIpc) is 1.69. The summed E-state index contributed by atoms with van der Waals surface area (Å²) in [6.45, 7) is 51.3. The number of ether oxygens (including phenoxy) is 2. The molecule has 2 N–H and O–H groups in total. The van der Waals surface area contributed by atoms with Gasteiger partial charge in [0.25, 0.3) is 0 Å². The zero-order valence-corrected chi connectivity index (χ0v) is 58.8. The quantitative estimate of drug-likeness (QED) is 0.100. The van der Waals surface area contributed by atoms with Gasteiger partial charge in [-0.3, -0.25) is 9.13 Å².